The van der Waals surface area contributed by atoms with Crippen molar-refractivity contribution < 1.29 is 18.4 Å². The van der Waals surface area contributed by atoms with Crippen LogP contribution in [0, 0.1) is 12.7 Å². The molecule has 0 fully saturated rings. The van der Waals surface area contributed by atoms with E-state index in [2.05, 4.69) is 5.32 Å². The van der Waals surface area contributed by atoms with Crippen LogP contribution in [-0.4, -0.2) is 11.7 Å². The van der Waals surface area contributed by atoms with Gasteiger partial charge in [-0.1, -0.05) is 66.7 Å². The fraction of sp³-hybridized carbons (Fsp3) is 0.0714. The molecular weight excluding hydrogens is 417 g/mol. The van der Waals surface area contributed by atoms with E-state index in [4.69, 9.17) is 4.42 Å². The van der Waals surface area contributed by atoms with Gasteiger partial charge in [-0.15, -0.1) is 0 Å². The number of furan rings is 1. The molecule has 5 rings (SSSR count). The molecule has 0 radical (unpaired) electrons. The first-order valence-corrected chi connectivity index (χ1v) is 10.6. The number of nitrogens with one attached hydrogen (secondary N) is 1. The summed E-state index contributed by atoms with van der Waals surface area (Å²) in [6.45, 7) is 1.63. The highest BCUT2D eigenvalue weighted by atomic mass is 19.1. The number of ketones is 1. The Morgan fingerprint density at radius 2 is 1.61 bits per heavy atom. The summed E-state index contributed by atoms with van der Waals surface area (Å²) in [5.41, 5.74) is 2.24. The SMILES string of the molecule is Cc1ccc(C(=O)c2oc3ccccc3c2NC(=O)Cc2cccc3ccccc23)cc1F. The standard InChI is InChI=1S/C28H20FNO3/c1-17-13-14-20(15-23(17)29)27(32)28-26(22-11-4-5-12-24(22)33-28)30-25(31)16-19-9-6-8-18-7-2-3-10-21(18)19/h2-15H,16H2,1H3,(H,30,31). The minimum atomic E-state index is -0.495. The lowest BCUT2D eigenvalue weighted by Crippen LogP contribution is -2.16. The van der Waals surface area contributed by atoms with Crippen LogP contribution in [0.25, 0.3) is 21.7 Å². The van der Waals surface area contributed by atoms with Crippen LogP contribution >= 0.6 is 0 Å². The highest BCUT2D eigenvalue weighted by Gasteiger charge is 2.24. The molecule has 4 nitrogen and oxygen atoms in total. The lowest BCUT2D eigenvalue weighted by molar-refractivity contribution is -0.115. The molecule has 0 aliphatic carbocycles. The molecule has 5 heteroatoms. The zero-order chi connectivity index (χ0) is 22.9. The summed E-state index contributed by atoms with van der Waals surface area (Å²) >= 11 is 0. The Hall–Kier alpha value is -4.25. The number of carbonyl (C=O) groups excluding carboxylic acids is 2. The normalized spacial score (nSPS) is 11.1. The maximum Gasteiger partial charge on any atom is 0.230 e. The third-order valence-corrected chi connectivity index (χ3v) is 5.73. The van der Waals surface area contributed by atoms with Gasteiger partial charge in [0.05, 0.1) is 12.1 Å². The molecular formula is C28H20FNO3. The number of halogens is 1. The Kier molecular flexibility index (Phi) is 5.23. The highest BCUT2D eigenvalue weighted by Crippen LogP contribution is 2.33. The third kappa shape index (κ3) is 3.89. The van der Waals surface area contributed by atoms with Gasteiger partial charge in [0, 0.05) is 10.9 Å². The van der Waals surface area contributed by atoms with Crippen LogP contribution in [0.1, 0.15) is 27.2 Å². The van der Waals surface area contributed by atoms with Crippen molar-refractivity contribution in [1.82, 2.24) is 0 Å². The summed E-state index contributed by atoms with van der Waals surface area (Å²) in [5.74, 6) is -1.27. The number of anilines is 1. The van der Waals surface area contributed by atoms with Crippen molar-refractivity contribution in [2.24, 2.45) is 0 Å². The molecule has 0 aliphatic heterocycles. The summed E-state index contributed by atoms with van der Waals surface area (Å²) < 4.78 is 19.9. The smallest absolute Gasteiger partial charge is 0.230 e. The van der Waals surface area contributed by atoms with Crippen molar-refractivity contribution in [2.75, 3.05) is 5.32 Å². The molecule has 1 N–H and O–H groups in total. The second-order valence-corrected chi connectivity index (χ2v) is 7.96. The second-order valence-electron chi connectivity index (χ2n) is 7.96. The van der Waals surface area contributed by atoms with Gasteiger partial charge in [0.2, 0.25) is 11.7 Å². The Morgan fingerprint density at radius 1 is 0.879 bits per heavy atom. The summed E-state index contributed by atoms with van der Waals surface area (Å²) in [4.78, 5) is 26.3. The van der Waals surface area contributed by atoms with E-state index in [1.807, 2.05) is 42.5 Å². The Morgan fingerprint density at radius 3 is 2.42 bits per heavy atom. The predicted molar refractivity (Wildman–Crippen MR) is 127 cm³/mol. The number of benzene rings is 4. The number of aryl methyl sites for hydroxylation is 1. The number of carbonyl (C=O) groups is 2. The van der Waals surface area contributed by atoms with Gasteiger partial charge in [0.1, 0.15) is 11.4 Å². The van der Waals surface area contributed by atoms with Crippen LogP contribution in [0.2, 0.25) is 0 Å². The van der Waals surface area contributed by atoms with Crippen molar-refractivity contribution in [1.29, 1.82) is 0 Å². The van der Waals surface area contributed by atoms with E-state index in [1.54, 1.807) is 43.3 Å². The molecule has 0 saturated carbocycles. The van der Waals surface area contributed by atoms with E-state index in [9.17, 15) is 14.0 Å². The molecule has 0 aliphatic rings. The first kappa shape index (κ1) is 20.6. The molecule has 4 aromatic carbocycles. The van der Waals surface area contributed by atoms with E-state index in [0.717, 1.165) is 16.3 Å². The number of para-hydroxylation sites is 1. The largest absolute Gasteiger partial charge is 0.450 e. The molecule has 0 atom stereocenters. The average molecular weight is 437 g/mol. The van der Waals surface area contributed by atoms with Gasteiger partial charge < -0.3 is 9.73 Å². The highest BCUT2D eigenvalue weighted by molar-refractivity contribution is 6.17. The summed E-state index contributed by atoms with van der Waals surface area (Å²) in [6.07, 6.45) is 0.133. The molecule has 0 spiro atoms. The van der Waals surface area contributed by atoms with Gasteiger partial charge in [-0.3, -0.25) is 9.59 Å². The van der Waals surface area contributed by atoms with Gasteiger partial charge >= 0.3 is 0 Å². The third-order valence-electron chi connectivity index (χ3n) is 5.73. The van der Waals surface area contributed by atoms with Gasteiger partial charge in [-0.25, -0.2) is 4.39 Å². The number of hydrogen-bond donors (Lipinski definition) is 1. The summed E-state index contributed by atoms with van der Waals surface area (Å²) in [7, 11) is 0. The minimum Gasteiger partial charge on any atom is -0.450 e. The van der Waals surface area contributed by atoms with E-state index in [1.165, 1.54) is 6.07 Å². The molecule has 5 aromatic rings. The van der Waals surface area contributed by atoms with Crippen LogP contribution in [-0.2, 0) is 11.2 Å². The van der Waals surface area contributed by atoms with E-state index < -0.39 is 11.6 Å². The molecule has 0 bridgehead atoms. The second kappa shape index (κ2) is 8.36. The number of amides is 1. The lowest BCUT2D eigenvalue weighted by atomic mass is 10.0. The lowest BCUT2D eigenvalue weighted by Gasteiger charge is -2.09. The molecule has 0 saturated heterocycles. The van der Waals surface area contributed by atoms with Crippen LogP contribution in [0.15, 0.2) is 89.3 Å². The molecule has 1 amide bonds. The summed E-state index contributed by atoms with van der Waals surface area (Å²) in [5, 5.41) is 5.54. The minimum absolute atomic E-state index is 0.0225. The van der Waals surface area contributed by atoms with Gasteiger partial charge in [-0.05, 0) is 47.0 Å². The molecule has 33 heavy (non-hydrogen) atoms. The Bertz CT molecular complexity index is 1530. The van der Waals surface area contributed by atoms with Crippen molar-refractivity contribution in [3.05, 3.63) is 113 Å². The van der Waals surface area contributed by atoms with E-state index in [0.29, 0.717) is 22.2 Å². The monoisotopic (exact) mass is 437 g/mol. The average Bonchev–Trinajstić information content (AvgIpc) is 3.19. The van der Waals surface area contributed by atoms with Crippen LogP contribution in [0.4, 0.5) is 10.1 Å². The zero-order valence-corrected chi connectivity index (χ0v) is 17.9. The van der Waals surface area contributed by atoms with Gasteiger partial charge in [-0.2, -0.15) is 0 Å². The molecule has 1 heterocycles. The number of hydrogen-bond acceptors (Lipinski definition) is 3. The fourth-order valence-corrected chi connectivity index (χ4v) is 4.00. The first-order chi connectivity index (χ1) is 16.0. The molecule has 162 valence electrons. The predicted octanol–water partition coefficient (Wildman–Crippen LogP) is 6.45. The van der Waals surface area contributed by atoms with Crippen LogP contribution < -0.4 is 5.32 Å². The zero-order valence-electron chi connectivity index (χ0n) is 17.9. The van der Waals surface area contributed by atoms with Gasteiger partial charge in [0.15, 0.2) is 5.76 Å². The quantitative estimate of drug-likeness (QED) is 0.322. The van der Waals surface area contributed by atoms with Crippen molar-refractivity contribution in [3.63, 3.8) is 0 Å². The van der Waals surface area contributed by atoms with Crippen molar-refractivity contribution in [2.45, 2.75) is 13.3 Å². The van der Waals surface area contributed by atoms with Crippen molar-refractivity contribution in [3.8, 4) is 0 Å². The number of rotatable bonds is 5. The summed E-state index contributed by atoms with van der Waals surface area (Å²) in [6, 6.07) is 25.1. The van der Waals surface area contributed by atoms with Gasteiger partial charge in [0.25, 0.3) is 0 Å². The van der Waals surface area contributed by atoms with Crippen LogP contribution in [0.3, 0.4) is 0 Å². The van der Waals surface area contributed by atoms with Crippen LogP contribution in [0.5, 0.6) is 0 Å². The molecule has 1 aromatic heterocycles. The van der Waals surface area contributed by atoms with E-state index >= 15 is 0 Å². The number of fused-ring (bicyclic) bond motifs is 2. The van der Waals surface area contributed by atoms with Crippen molar-refractivity contribution >= 4 is 39.1 Å². The maximum absolute atomic E-state index is 14.1. The fourth-order valence-electron chi connectivity index (χ4n) is 4.00. The maximum atomic E-state index is 14.1. The van der Waals surface area contributed by atoms with E-state index in [-0.39, 0.29) is 23.7 Å². The topological polar surface area (TPSA) is 59.3 Å². The Labute approximate surface area is 189 Å². The Balaban J connectivity index is 1.51. The first-order valence-electron chi connectivity index (χ1n) is 10.6. The molecule has 0 unspecified atom stereocenters.